The molecule has 0 saturated heterocycles. The molecule has 0 aromatic heterocycles. The normalized spacial score (nSPS) is 12.6. The van der Waals surface area contributed by atoms with Crippen LogP contribution in [0.5, 0.6) is 0 Å². The number of hydrogen-bond acceptors (Lipinski definition) is 3. The Kier molecular flexibility index (Phi) is 6.36. The van der Waals surface area contributed by atoms with Gasteiger partial charge < -0.3 is 10.4 Å². The minimum Gasteiger partial charge on any atom is -0.396 e. The van der Waals surface area contributed by atoms with Crippen LogP contribution in [0.15, 0.2) is 0 Å². The van der Waals surface area contributed by atoms with Gasteiger partial charge in [0.25, 0.3) is 0 Å². The van der Waals surface area contributed by atoms with Crippen LogP contribution >= 0.6 is 11.8 Å². The molecule has 4 heteroatoms. The highest BCUT2D eigenvalue weighted by Gasteiger charge is 2.04. The third-order valence-corrected chi connectivity index (χ3v) is 2.55. The topological polar surface area (TPSA) is 49.3 Å². The zero-order chi connectivity index (χ0) is 8.69. The highest BCUT2D eigenvalue weighted by atomic mass is 32.2. The van der Waals surface area contributed by atoms with Crippen molar-refractivity contribution >= 4 is 17.7 Å². The zero-order valence-corrected chi connectivity index (χ0v) is 7.78. The predicted molar refractivity (Wildman–Crippen MR) is 47.7 cm³/mol. The van der Waals surface area contributed by atoms with Crippen LogP contribution in [0.2, 0.25) is 0 Å². The Morgan fingerprint density at radius 3 is 2.82 bits per heavy atom. The number of thioether (sulfide) groups is 1. The fraction of sp³-hybridized carbons (Fsp3) is 0.857. The van der Waals surface area contributed by atoms with E-state index in [0.29, 0.717) is 11.0 Å². The summed E-state index contributed by atoms with van der Waals surface area (Å²) >= 11 is 1.56. The average Bonchev–Trinajstić information content (AvgIpc) is 2.01. The molecule has 0 saturated carbocycles. The quantitative estimate of drug-likeness (QED) is 0.632. The lowest BCUT2D eigenvalue weighted by molar-refractivity contribution is -0.118. The van der Waals surface area contributed by atoms with Gasteiger partial charge in [-0.2, -0.15) is 0 Å². The standard InChI is InChI=1S/C7H15NO2S/c1-6(3-4-9)11-5-7(10)8-2/h6,9H,3-5H2,1-2H3,(H,8,10). The molecule has 66 valence electrons. The zero-order valence-electron chi connectivity index (χ0n) is 6.96. The number of carbonyl (C=O) groups is 1. The van der Waals surface area contributed by atoms with Gasteiger partial charge in [-0.3, -0.25) is 4.79 Å². The molecule has 1 atom stereocenters. The van der Waals surface area contributed by atoms with Gasteiger partial charge in [0.15, 0.2) is 0 Å². The maximum atomic E-state index is 10.7. The molecule has 0 spiro atoms. The van der Waals surface area contributed by atoms with Gasteiger partial charge in [-0.15, -0.1) is 11.8 Å². The molecule has 1 unspecified atom stereocenters. The Morgan fingerprint density at radius 1 is 1.73 bits per heavy atom. The van der Waals surface area contributed by atoms with E-state index in [1.54, 1.807) is 18.8 Å². The molecule has 0 bridgehead atoms. The van der Waals surface area contributed by atoms with Crippen LogP contribution in [-0.4, -0.2) is 35.7 Å². The summed E-state index contributed by atoms with van der Waals surface area (Å²) in [6.07, 6.45) is 0.752. The molecule has 0 fully saturated rings. The number of carbonyl (C=O) groups excluding carboxylic acids is 1. The molecule has 0 aromatic carbocycles. The molecule has 3 nitrogen and oxygen atoms in total. The first-order valence-corrected chi connectivity index (χ1v) is 4.68. The molecule has 2 N–H and O–H groups in total. The molecule has 0 aromatic rings. The van der Waals surface area contributed by atoms with Gasteiger partial charge in [0, 0.05) is 18.9 Å². The Morgan fingerprint density at radius 2 is 2.36 bits per heavy atom. The van der Waals surface area contributed by atoms with Crippen molar-refractivity contribution in [2.24, 2.45) is 0 Å². The van der Waals surface area contributed by atoms with Crippen molar-refractivity contribution in [3.8, 4) is 0 Å². The maximum Gasteiger partial charge on any atom is 0.229 e. The first-order chi connectivity index (χ1) is 5.20. The summed E-state index contributed by atoms with van der Waals surface area (Å²) < 4.78 is 0. The van der Waals surface area contributed by atoms with E-state index in [2.05, 4.69) is 5.32 Å². The lowest BCUT2D eigenvalue weighted by atomic mass is 10.3. The number of aliphatic hydroxyl groups is 1. The average molecular weight is 177 g/mol. The minimum atomic E-state index is 0.0415. The highest BCUT2D eigenvalue weighted by Crippen LogP contribution is 2.12. The Hall–Kier alpha value is -0.220. The number of rotatable bonds is 5. The summed E-state index contributed by atoms with van der Waals surface area (Å²) in [5, 5.41) is 11.4. The molecular formula is C7H15NO2S. The molecule has 1 amide bonds. The molecule has 0 aliphatic rings. The SMILES string of the molecule is CNC(=O)CSC(C)CCO. The van der Waals surface area contributed by atoms with Gasteiger partial charge in [-0.1, -0.05) is 6.92 Å². The molecule has 0 aliphatic carbocycles. The molecule has 11 heavy (non-hydrogen) atoms. The number of aliphatic hydroxyl groups excluding tert-OH is 1. The van der Waals surface area contributed by atoms with Crippen LogP contribution in [0.3, 0.4) is 0 Å². The number of nitrogens with one attached hydrogen (secondary N) is 1. The van der Waals surface area contributed by atoms with E-state index in [-0.39, 0.29) is 12.5 Å². The summed E-state index contributed by atoms with van der Waals surface area (Å²) in [4.78, 5) is 10.7. The van der Waals surface area contributed by atoms with Crippen LogP contribution in [0.4, 0.5) is 0 Å². The smallest absolute Gasteiger partial charge is 0.229 e. The van der Waals surface area contributed by atoms with E-state index in [0.717, 1.165) is 6.42 Å². The fourth-order valence-corrected chi connectivity index (χ4v) is 1.41. The van der Waals surface area contributed by atoms with E-state index >= 15 is 0 Å². The van der Waals surface area contributed by atoms with Gasteiger partial charge in [0.2, 0.25) is 5.91 Å². The first-order valence-electron chi connectivity index (χ1n) is 3.63. The molecule has 0 aliphatic heterocycles. The molecule has 0 radical (unpaired) electrons. The third kappa shape index (κ3) is 6.19. The molecule has 0 rings (SSSR count). The van der Waals surface area contributed by atoms with Crippen molar-refractivity contribution in [3.05, 3.63) is 0 Å². The lowest BCUT2D eigenvalue weighted by Crippen LogP contribution is -2.21. The number of amides is 1. The lowest BCUT2D eigenvalue weighted by Gasteiger charge is -2.07. The van der Waals surface area contributed by atoms with E-state index in [9.17, 15) is 4.79 Å². The van der Waals surface area contributed by atoms with E-state index in [4.69, 9.17) is 5.11 Å². The summed E-state index contributed by atoms with van der Waals surface area (Å²) in [5.41, 5.74) is 0. The summed E-state index contributed by atoms with van der Waals surface area (Å²) in [7, 11) is 1.62. The Bertz CT molecular complexity index is 119. The van der Waals surface area contributed by atoms with Crippen molar-refractivity contribution in [3.63, 3.8) is 0 Å². The fourth-order valence-electron chi connectivity index (χ4n) is 0.555. The first kappa shape index (κ1) is 10.8. The van der Waals surface area contributed by atoms with Gasteiger partial charge in [0.1, 0.15) is 0 Å². The van der Waals surface area contributed by atoms with Crippen LogP contribution in [0, 0.1) is 0 Å². The van der Waals surface area contributed by atoms with Gasteiger partial charge >= 0.3 is 0 Å². The molecular weight excluding hydrogens is 162 g/mol. The van der Waals surface area contributed by atoms with Crippen LogP contribution in [0.25, 0.3) is 0 Å². The van der Waals surface area contributed by atoms with Crippen molar-refractivity contribution in [2.75, 3.05) is 19.4 Å². The second kappa shape index (κ2) is 6.49. The van der Waals surface area contributed by atoms with E-state index in [1.165, 1.54) is 0 Å². The van der Waals surface area contributed by atoms with Crippen molar-refractivity contribution in [1.82, 2.24) is 5.32 Å². The minimum absolute atomic E-state index is 0.0415. The summed E-state index contributed by atoms with van der Waals surface area (Å²) in [5.74, 6) is 0.525. The Labute approximate surface area is 71.6 Å². The predicted octanol–water partition coefficient (Wildman–Crippen LogP) is 0.236. The second-order valence-electron chi connectivity index (χ2n) is 2.31. The van der Waals surface area contributed by atoms with Crippen LogP contribution in [-0.2, 0) is 4.79 Å². The molecule has 0 heterocycles. The third-order valence-electron chi connectivity index (χ3n) is 1.31. The largest absolute Gasteiger partial charge is 0.396 e. The number of hydrogen-bond donors (Lipinski definition) is 2. The van der Waals surface area contributed by atoms with Crippen LogP contribution < -0.4 is 5.32 Å². The van der Waals surface area contributed by atoms with Crippen molar-refractivity contribution < 1.29 is 9.90 Å². The van der Waals surface area contributed by atoms with Gasteiger partial charge in [-0.05, 0) is 6.42 Å². The Balaban J connectivity index is 3.29. The maximum absolute atomic E-state index is 10.7. The second-order valence-corrected chi connectivity index (χ2v) is 3.73. The monoisotopic (exact) mass is 177 g/mol. The highest BCUT2D eigenvalue weighted by molar-refractivity contribution is 8.00. The summed E-state index contributed by atoms with van der Waals surface area (Å²) in [6, 6.07) is 0. The van der Waals surface area contributed by atoms with Gasteiger partial charge in [0.05, 0.1) is 5.75 Å². The van der Waals surface area contributed by atoms with E-state index < -0.39 is 0 Å². The van der Waals surface area contributed by atoms with Crippen molar-refractivity contribution in [1.29, 1.82) is 0 Å². The van der Waals surface area contributed by atoms with Crippen molar-refractivity contribution in [2.45, 2.75) is 18.6 Å². The van der Waals surface area contributed by atoms with Crippen LogP contribution in [0.1, 0.15) is 13.3 Å². The van der Waals surface area contributed by atoms with Gasteiger partial charge in [-0.25, -0.2) is 0 Å². The van der Waals surface area contributed by atoms with E-state index in [1.807, 2.05) is 6.92 Å². The summed E-state index contributed by atoms with van der Waals surface area (Å²) in [6.45, 7) is 2.20.